The first kappa shape index (κ1) is 22.9. The monoisotopic (exact) mass is 489 g/mol. The summed E-state index contributed by atoms with van der Waals surface area (Å²) in [5.41, 5.74) is 3.91. The van der Waals surface area contributed by atoms with Crippen LogP contribution in [0.3, 0.4) is 0 Å². The van der Waals surface area contributed by atoms with Gasteiger partial charge in [-0.15, -0.1) is 11.3 Å². The zero-order valence-electron chi connectivity index (χ0n) is 15.3. The van der Waals surface area contributed by atoms with Gasteiger partial charge >= 0.3 is 6.18 Å². The van der Waals surface area contributed by atoms with Gasteiger partial charge in [-0.1, -0.05) is 23.2 Å². The summed E-state index contributed by atoms with van der Waals surface area (Å²) in [7, 11) is 0. The highest BCUT2D eigenvalue weighted by Crippen LogP contribution is 2.32. The van der Waals surface area contributed by atoms with Crippen molar-refractivity contribution in [2.24, 2.45) is 0 Å². The maximum Gasteiger partial charge on any atom is 0.417 e. The van der Waals surface area contributed by atoms with E-state index in [1.54, 1.807) is 5.38 Å². The molecule has 0 aliphatic rings. The van der Waals surface area contributed by atoms with E-state index in [0.29, 0.717) is 11.2 Å². The normalized spacial score (nSPS) is 11.1. The molecule has 0 aliphatic heterocycles. The highest BCUT2D eigenvalue weighted by molar-refractivity contribution is 7.12. The number of aromatic nitrogens is 1. The highest BCUT2D eigenvalue weighted by Gasteiger charge is 2.31. The van der Waals surface area contributed by atoms with E-state index in [9.17, 15) is 22.8 Å². The van der Waals surface area contributed by atoms with Gasteiger partial charge in [-0.05, 0) is 41.8 Å². The molecule has 0 unspecified atom stereocenters. The Labute approximate surface area is 187 Å². The van der Waals surface area contributed by atoms with Crippen LogP contribution < -0.4 is 15.6 Å². The third-order valence-corrected chi connectivity index (χ3v) is 5.31. The summed E-state index contributed by atoms with van der Waals surface area (Å²) in [6.07, 6.45) is -3.91. The molecule has 31 heavy (non-hydrogen) atoms. The van der Waals surface area contributed by atoms with Crippen LogP contribution in [0.25, 0.3) is 0 Å². The Balaban J connectivity index is 1.61. The number of carbonyl (C=O) groups excluding carboxylic acids is 2. The SMILES string of the molecule is O=C(NNC(=O)c1sccc1OCc1ncc(C(F)(F)F)cc1Cl)c1ccc(Cl)cc1. The van der Waals surface area contributed by atoms with Gasteiger partial charge in [0.25, 0.3) is 11.8 Å². The van der Waals surface area contributed by atoms with Crippen LogP contribution in [-0.4, -0.2) is 16.8 Å². The van der Waals surface area contributed by atoms with Gasteiger partial charge in [0.05, 0.1) is 16.3 Å². The number of benzene rings is 1. The van der Waals surface area contributed by atoms with Gasteiger partial charge in [-0.25, -0.2) is 0 Å². The number of thiophene rings is 1. The number of alkyl halides is 3. The largest absolute Gasteiger partial charge is 0.486 e. The molecule has 0 saturated heterocycles. The van der Waals surface area contributed by atoms with Crippen molar-refractivity contribution < 1.29 is 27.5 Å². The first-order chi connectivity index (χ1) is 14.6. The number of hydrogen-bond donors (Lipinski definition) is 2. The van der Waals surface area contributed by atoms with Crippen molar-refractivity contribution in [2.45, 2.75) is 12.8 Å². The summed E-state index contributed by atoms with van der Waals surface area (Å²) >= 11 is 12.7. The number of hydrazine groups is 1. The van der Waals surface area contributed by atoms with Crippen molar-refractivity contribution in [2.75, 3.05) is 0 Å². The Morgan fingerprint density at radius 2 is 1.74 bits per heavy atom. The van der Waals surface area contributed by atoms with Crippen LogP contribution in [0.15, 0.2) is 48.0 Å². The van der Waals surface area contributed by atoms with E-state index in [1.807, 2.05) is 0 Å². The first-order valence-electron chi connectivity index (χ1n) is 8.43. The Hall–Kier alpha value is -2.82. The van der Waals surface area contributed by atoms with Crippen molar-refractivity contribution in [3.63, 3.8) is 0 Å². The molecule has 3 aromatic rings. The molecule has 12 heteroatoms. The van der Waals surface area contributed by atoms with E-state index in [2.05, 4.69) is 15.8 Å². The third-order valence-electron chi connectivity index (χ3n) is 3.84. The summed E-state index contributed by atoms with van der Waals surface area (Å²) in [4.78, 5) is 28.2. The lowest BCUT2D eigenvalue weighted by Gasteiger charge is -2.11. The van der Waals surface area contributed by atoms with E-state index >= 15 is 0 Å². The smallest absolute Gasteiger partial charge is 0.417 e. The van der Waals surface area contributed by atoms with Crippen LogP contribution in [-0.2, 0) is 12.8 Å². The number of carbonyl (C=O) groups is 2. The molecule has 2 amide bonds. The summed E-state index contributed by atoms with van der Waals surface area (Å²) in [5.74, 6) is -1.04. The van der Waals surface area contributed by atoms with E-state index < -0.39 is 23.6 Å². The van der Waals surface area contributed by atoms with Crippen molar-refractivity contribution in [1.82, 2.24) is 15.8 Å². The molecule has 0 saturated carbocycles. The lowest BCUT2D eigenvalue weighted by Crippen LogP contribution is -2.41. The molecule has 162 valence electrons. The van der Waals surface area contributed by atoms with Crippen LogP contribution >= 0.6 is 34.5 Å². The maximum atomic E-state index is 12.7. The number of hydrogen-bond acceptors (Lipinski definition) is 5. The maximum absolute atomic E-state index is 12.7. The first-order valence-corrected chi connectivity index (χ1v) is 10.1. The Bertz CT molecular complexity index is 1100. The minimum absolute atomic E-state index is 0.0725. The van der Waals surface area contributed by atoms with Gasteiger partial charge in [0.1, 0.15) is 17.2 Å². The number of rotatable bonds is 5. The molecule has 2 N–H and O–H groups in total. The van der Waals surface area contributed by atoms with Crippen LogP contribution in [0.1, 0.15) is 31.3 Å². The molecule has 0 spiro atoms. The fraction of sp³-hybridized carbons (Fsp3) is 0.105. The lowest BCUT2D eigenvalue weighted by atomic mass is 10.2. The summed E-state index contributed by atoms with van der Waals surface area (Å²) in [5, 5.41) is 1.82. The zero-order chi connectivity index (χ0) is 22.6. The molecule has 0 bridgehead atoms. The van der Waals surface area contributed by atoms with Crippen LogP contribution in [0.5, 0.6) is 5.75 Å². The number of halogens is 5. The zero-order valence-corrected chi connectivity index (χ0v) is 17.6. The van der Waals surface area contributed by atoms with E-state index in [4.69, 9.17) is 27.9 Å². The molecular weight excluding hydrogens is 478 g/mol. The van der Waals surface area contributed by atoms with Crippen molar-refractivity contribution in [3.05, 3.63) is 79.7 Å². The molecule has 0 aliphatic carbocycles. The van der Waals surface area contributed by atoms with Crippen LogP contribution in [0, 0.1) is 0 Å². The van der Waals surface area contributed by atoms with Crippen LogP contribution in [0.4, 0.5) is 13.2 Å². The Morgan fingerprint density at radius 3 is 2.39 bits per heavy atom. The molecule has 3 rings (SSSR count). The topological polar surface area (TPSA) is 80.3 Å². The number of nitrogens with zero attached hydrogens (tertiary/aromatic N) is 1. The number of pyridine rings is 1. The predicted octanol–water partition coefficient (Wildman–Crippen LogP) is 5.12. The third kappa shape index (κ3) is 5.87. The fourth-order valence-electron chi connectivity index (χ4n) is 2.29. The summed E-state index contributed by atoms with van der Waals surface area (Å²) in [6.45, 7) is -0.259. The molecular formula is C19H12Cl2F3N3O3S. The highest BCUT2D eigenvalue weighted by atomic mass is 35.5. The van der Waals surface area contributed by atoms with Gasteiger partial charge in [0.2, 0.25) is 0 Å². The fourth-order valence-corrected chi connectivity index (χ4v) is 3.37. The van der Waals surface area contributed by atoms with Crippen molar-refractivity contribution >= 4 is 46.4 Å². The van der Waals surface area contributed by atoms with Gasteiger partial charge in [-0.2, -0.15) is 13.2 Å². The van der Waals surface area contributed by atoms with Gasteiger partial charge in [0.15, 0.2) is 0 Å². The Kier molecular flexibility index (Phi) is 7.04. The van der Waals surface area contributed by atoms with E-state index in [1.165, 1.54) is 30.3 Å². The summed E-state index contributed by atoms with van der Waals surface area (Å²) < 4.78 is 43.6. The van der Waals surface area contributed by atoms with Crippen molar-refractivity contribution in [3.8, 4) is 5.75 Å². The average Bonchev–Trinajstić information content (AvgIpc) is 3.19. The minimum atomic E-state index is -4.56. The predicted molar refractivity (Wildman–Crippen MR) is 109 cm³/mol. The molecule has 6 nitrogen and oxygen atoms in total. The molecule has 0 atom stereocenters. The van der Waals surface area contributed by atoms with Crippen molar-refractivity contribution in [1.29, 1.82) is 0 Å². The van der Waals surface area contributed by atoms with Gasteiger partial charge in [-0.3, -0.25) is 25.4 Å². The Morgan fingerprint density at radius 1 is 1.06 bits per heavy atom. The van der Waals surface area contributed by atoms with E-state index in [0.717, 1.165) is 17.4 Å². The molecule has 2 heterocycles. The lowest BCUT2D eigenvalue weighted by molar-refractivity contribution is -0.137. The second kappa shape index (κ2) is 9.54. The second-order valence-electron chi connectivity index (χ2n) is 5.97. The van der Waals surface area contributed by atoms with Gasteiger partial charge < -0.3 is 4.74 Å². The molecule has 0 radical (unpaired) electrons. The molecule has 2 aromatic heterocycles. The molecule has 0 fully saturated rings. The minimum Gasteiger partial charge on any atom is -0.486 e. The standard InChI is InChI=1S/C19H12Cl2F3N3O3S/c20-12-3-1-10(2-4-12)17(28)26-27-18(29)16-15(5-6-31-16)30-9-14-13(21)7-11(8-25-14)19(22,23)24/h1-8H,9H2,(H,26,28)(H,27,29). The second-order valence-corrected chi connectivity index (χ2v) is 7.73. The quantitative estimate of drug-likeness (QED) is 0.487. The number of amides is 2. The number of nitrogens with one attached hydrogen (secondary N) is 2. The number of ether oxygens (including phenoxy) is 1. The van der Waals surface area contributed by atoms with Gasteiger partial charge in [0, 0.05) is 16.8 Å². The molecule has 1 aromatic carbocycles. The van der Waals surface area contributed by atoms with E-state index in [-0.39, 0.29) is 33.5 Å². The van der Waals surface area contributed by atoms with Crippen LogP contribution in [0.2, 0.25) is 10.0 Å². The summed E-state index contributed by atoms with van der Waals surface area (Å²) in [6, 6.07) is 8.29. The average molecular weight is 490 g/mol.